The number of benzene rings is 1. The van der Waals surface area contributed by atoms with E-state index in [0.29, 0.717) is 0 Å². The molecule has 0 aliphatic heterocycles. The fourth-order valence-corrected chi connectivity index (χ4v) is 1.23. The van der Waals surface area contributed by atoms with Crippen LogP contribution in [0.25, 0.3) is 0 Å². The van der Waals surface area contributed by atoms with Crippen LogP contribution in [0.3, 0.4) is 0 Å². The van der Waals surface area contributed by atoms with E-state index >= 15 is 0 Å². The zero-order valence-corrected chi connectivity index (χ0v) is 12.3. The third kappa shape index (κ3) is 5.43. The molecule has 0 N–H and O–H groups in total. The van der Waals surface area contributed by atoms with Crippen molar-refractivity contribution < 1.29 is 23.5 Å². The second kappa shape index (κ2) is 7.68. The maximum atomic E-state index is 10.5. The lowest BCUT2D eigenvalue weighted by molar-refractivity contribution is -0.395. The summed E-state index contributed by atoms with van der Waals surface area (Å²) in [7, 11) is 0.0486. The molecule has 0 amide bonds. The molecule has 0 unspecified atom stereocenters. The van der Waals surface area contributed by atoms with Crippen molar-refractivity contribution in [3.8, 4) is 0 Å². The van der Waals surface area contributed by atoms with Gasteiger partial charge in [-0.15, -0.1) is 0 Å². The quantitative estimate of drug-likeness (QED) is 0.476. The lowest BCUT2D eigenvalue weighted by Gasteiger charge is -2.04. The number of hydrogen-bond acceptors (Lipinski definition) is 7. The third-order valence-electron chi connectivity index (χ3n) is 2.33. The molecule has 0 saturated carbocycles. The summed E-state index contributed by atoms with van der Waals surface area (Å²) in [6, 6.07) is 3.77. The minimum absolute atomic E-state index is 0.0810. The summed E-state index contributed by atoms with van der Waals surface area (Å²) in [6.45, 7) is 2.77. The van der Waals surface area contributed by atoms with Crippen molar-refractivity contribution in [2.75, 3.05) is 20.9 Å². The van der Waals surface area contributed by atoms with Gasteiger partial charge in [0.05, 0.1) is 9.85 Å². The van der Waals surface area contributed by atoms with E-state index in [-0.39, 0.29) is 16.9 Å². The molecule has 112 valence electrons. The Morgan fingerprint density at radius 3 is 1.60 bits per heavy atom. The van der Waals surface area contributed by atoms with Gasteiger partial charge in [0.2, 0.25) is 0 Å². The van der Waals surface area contributed by atoms with Crippen LogP contribution in [0.5, 0.6) is 0 Å². The van der Waals surface area contributed by atoms with Crippen molar-refractivity contribution in [3.63, 3.8) is 0 Å². The molecule has 10 heteroatoms. The molecule has 9 nitrogen and oxygen atoms in total. The van der Waals surface area contributed by atoms with Gasteiger partial charge in [-0.1, -0.05) is 0 Å². The first-order valence-corrected chi connectivity index (χ1v) is 7.22. The smallest absolute Gasteiger partial charge is 0.312 e. The maximum Gasteiger partial charge on any atom is 0.327 e. The first-order valence-electron chi connectivity index (χ1n) is 5.23. The second-order valence-electron chi connectivity index (χ2n) is 3.57. The zero-order chi connectivity index (χ0) is 15.9. The molecular formula is C10H15N2O7P. The molecule has 0 heterocycles. The molecule has 1 rings (SSSR count). The van der Waals surface area contributed by atoms with Crippen molar-refractivity contribution in [3.05, 3.63) is 44.0 Å². The summed E-state index contributed by atoms with van der Waals surface area (Å²) in [5.74, 6) is 0. The minimum atomic E-state index is -2.65. The summed E-state index contributed by atoms with van der Waals surface area (Å²) in [5.41, 5.74) is -0.374. The highest BCUT2D eigenvalue weighted by Gasteiger charge is 2.19. The molecule has 0 aromatic heterocycles. The van der Waals surface area contributed by atoms with E-state index in [4.69, 9.17) is 0 Å². The molecular weight excluding hydrogens is 291 g/mol. The van der Waals surface area contributed by atoms with Crippen molar-refractivity contribution in [2.45, 2.75) is 6.92 Å². The molecule has 0 saturated heterocycles. The van der Waals surface area contributed by atoms with Gasteiger partial charge < -0.3 is 9.05 Å². The summed E-state index contributed by atoms with van der Waals surface area (Å²) < 4.78 is 19.3. The van der Waals surface area contributed by atoms with E-state index in [1.807, 2.05) is 0 Å². The van der Waals surface area contributed by atoms with E-state index in [1.54, 1.807) is 0 Å². The minimum Gasteiger partial charge on any atom is -0.312 e. The van der Waals surface area contributed by atoms with Crippen LogP contribution in [-0.2, 0) is 13.6 Å². The predicted molar refractivity (Wildman–Crippen MR) is 72.0 cm³/mol. The highest BCUT2D eigenvalue weighted by molar-refractivity contribution is 7.52. The Morgan fingerprint density at radius 1 is 1.05 bits per heavy atom. The highest BCUT2D eigenvalue weighted by Crippen LogP contribution is 2.40. The Kier molecular flexibility index (Phi) is 6.98. The average molecular weight is 306 g/mol. The van der Waals surface area contributed by atoms with Crippen LogP contribution in [0, 0.1) is 27.2 Å². The van der Waals surface area contributed by atoms with Gasteiger partial charge in [-0.25, -0.2) is 0 Å². The Hall–Kier alpha value is -1.83. The van der Waals surface area contributed by atoms with E-state index in [1.165, 1.54) is 46.0 Å². The number of nitrogens with zero attached hydrogens (tertiary/aromatic N) is 2. The molecule has 1 aromatic rings. The number of hydrogen-bond donors (Lipinski definition) is 0. The van der Waals surface area contributed by atoms with E-state index in [9.17, 15) is 24.8 Å². The standard InChI is InChI=1S/C7H6N2O4.C3H9O3P/c1-5-6(8(10)11)3-2-4-7(5)9(12)13;1-5-7(3,4)6-2/h2-4H,1H3;1-3H3. The van der Waals surface area contributed by atoms with Gasteiger partial charge in [-0.2, -0.15) is 0 Å². The van der Waals surface area contributed by atoms with Crippen molar-refractivity contribution in [1.82, 2.24) is 0 Å². The SMILES string of the molecule is COP(C)(=O)OC.Cc1c([N+](=O)[O-])cccc1[N+](=O)[O-]. The van der Waals surface area contributed by atoms with Crippen LogP contribution in [-0.4, -0.2) is 30.7 Å². The molecule has 0 aliphatic rings. The van der Waals surface area contributed by atoms with Crippen LogP contribution in [0.4, 0.5) is 11.4 Å². The molecule has 0 atom stereocenters. The third-order valence-corrected chi connectivity index (χ3v) is 3.66. The summed E-state index contributed by atoms with van der Waals surface area (Å²) in [6.07, 6.45) is 0. The Bertz CT molecular complexity index is 506. The Balaban J connectivity index is 0.000000441. The van der Waals surface area contributed by atoms with E-state index in [2.05, 4.69) is 9.05 Å². The Morgan fingerprint density at radius 2 is 1.40 bits per heavy atom. The number of nitro benzene ring substituents is 2. The summed E-state index contributed by atoms with van der Waals surface area (Å²) >= 11 is 0. The van der Waals surface area contributed by atoms with Gasteiger partial charge >= 0.3 is 7.60 Å². The van der Waals surface area contributed by atoms with Crippen LogP contribution in [0.15, 0.2) is 18.2 Å². The van der Waals surface area contributed by atoms with Crippen LogP contribution in [0.1, 0.15) is 5.56 Å². The average Bonchev–Trinajstić information content (AvgIpc) is 2.39. The molecule has 0 radical (unpaired) electrons. The summed E-state index contributed by atoms with van der Waals surface area (Å²) in [5, 5.41) is 20.8. The lowest BCUT2D eigenvalue weighted by atomic mass is 10.1. The van der Waals surface area contributed by atoms with Crippen molar-refractivity contribution in [2.24, 2.45) is 0 Å². The van der Waals surface area contributed by atoms with Crippen molar-refractivity contribution >= 4 is 19.0 Å². The highest BCUT2D eigenvalue weighted by atomic mass is 31.2. The van der Waals surface area contributed by atoms with E-state index in [0.717, 1.165) is 0 Å². The van der Waals surface area contributed by atoms with Crippen LogP contribution < -0.4 is 0 Å². The number of rotatable bonds is 4. The fraction of sp³-hybridized carbons (Fsp3) is 0.400. The van der Waals surface area contributed by atoms with Gasteiger partial charge in [0.1, 0.15) is 5.56 Å². The largest absolute Gasteiger partial charge is 0.327 e. The maximum absolute atomic E-state index is 10.5. The molecule has 0 spiro atoms. The predicted octanol–water partition coefficient (Wildman–Crippen LogP) is 2.91. The van der Waals surface area contributed by atoms with Crippen LogP contribution in [0.2, 0.25) is 0 Å². The summed E-state index contributed by atoms with van der Waals surface area (Å²) in [4.78, 5) is 19.5. The molecule has 20 heavy (non-hydrogen) atoms. The first kappa shape index (κ1) is 18.2. The topological polar surface area (TPSA) is 122 Å². The molecule has 1 aromatic carbocycles. The van der Waals surface area contributed by atoms with Gasteiger partial charge in [0.25, 0.3) is 11.4 Å². The van der Waals surface area contributed by atoms with Gasteiger partial charge in [-0.05, 0) is 13.0 Å². The number of nitro groups is 2. The molecule has 0 aliphatic carbocycles. The normalized spacial score (nSPS) is 10.4. The van der Waals surface area contributed by atoms with Gasteiger partial charge in [0, 0.05) is 33.0 Å². The first-order chi connectivity index (χ1) is 9.16. The fourth-order valence-electron chi connectivity index (χ4n) is 1.08. The van der Waals surface area contributed by atoms with Gasteiger partial charge in [0.15, 0.2) is 0 Å². The van der Waals surface area contributed by atoms with Crippen molar-refractivity contribution in [1.29, 1.82) is 0 Å². The molecule has 0 fully saturated rings. The second-order valence-corrected chi connectivity index (χ2v) is 5.84. The lowest BCUT2D eigenvalue weighted by Crippen LogP contribution is -1.96. The van der Waals surface area contributed by atoms with E-state index < -0.39 is 17.4 Å². The molecule has 0 bridgehead atoms. The monoisotopic (exact) mass is 306 g/mol. The van der Waals surface area contributed by atoms with Gasteiger partial charge in [-0.3, -0.25) is 24.8 Å². The zero-order valence-electron chi connectivity index (χ0n) is 11.4. The Labute approximate surface area is 115 Å². The van der Waals surface area contributed by atoms with Crippen LogP contribution >= 0.6 is 7.60 Å².